The van der Waals surface area contributed by atoms with Crippen molar-refractivity contribution < 1.29 is 39.9 Å². The number of rotatable bonds is 9. The van der Waals surface area contributed by atoms with Crippen molar-refractivity contribution in [1.29, 1.82) is 0 Å². The maximum absolute atomic E-state index is 12.3. The van der Waals surface area contributed by atoms with Gasteiger partial charge < -0.3 is 40.9 Å². The van der Waals surface area contributed by atoms with Gasteiger partial charge >= 0.3 is 0 Å². The third-order valence-electron chi connectivity index (χ3n) is 4.14. The first kappa shape index (κ1) is 23.8. The van der Waals surface area contributed by atoms with Crippen LogP contribution in [0.3, 0.4) is 0 Å². The summed E-state index contributed by atoms with van der Waals surface area (Å²) in [6.45, 7) is 3.14. The molecule has 0 radical (unpaired) electrons. The Morgan fingerprint density at radius 2 is 1.16 bits per heavy atom. The second kappa shape index (κ2) is 10.5. The number of ether oxygens (including phenoxy) is 1. The highest BCUT2D eigenvalue weighted by atomic mass is 16.5. The summed E-state index contributed by atoms with van der Waals surface area (Å²) in [7, 11) is 0. The van der Waals surface area contributed by atoms with Gasteiger partial charge in [-0.3, -0.25) is 9.59 Å². The van der Waals surface area contributed by atoms with Gasteiger partial charge in [-0.05, 0) is 38.1 Å². The Morgan fingerprint density at radius 1 is 0.774 bits per heavy atom. The first-order chi connectivity index (χ1) is 14.5. The van der Waals surface area contributed by atoms with Crippen LogP contribution in [0.4, 0.5) is 0 Å². The highest BCUT2D eigenvalue weighted by Crippen LogP contribution is 2.21. The van der Waals surface area contributed by atoms with Crippen molar-refractivity contribution >= 4 is 11.8 Å². The molecule has 2 atom stereocenters. The molecule has 0 fully saturated rings. The zero-order valence-corrected chi connectivity index (χ0v) is 17.1. The normalized spacial score (nSPS) is 12.9. The molecule has 0 aromatic heterocycles. The molecule has 0 unspecified atom stereocenters. The van der Waals surface area contributed by atoms with Crippen LogP contribution in [0.25, 0.3) is 0 Å². The molecule has 10 nitrogen and oxygen atoms in total. The minimum Gasteiger partial charge on any atom is -0.508 e. The summed E-state index contributed by atoms with van der Waals surface area (Å²) in [5.74, 6) is -2.36. The molecule has 0 saturated carbocycles. The van der Waals surface area contributed by atoms with Crippen LogP contribution in [-0.4, -0.2) is 68.7 Å². The van der Waals surface area contributed by atoms with Crippen LogP contribution in [0.15, 0.2) is 36.4 Å². The zero-order chi connectivity index (χ0) is 23.1. The van der Waals surface area contributed by atoms with Gasteiger partial charge in [0.15, 0.2) is 0 Å². The minimum absolute atomic E-state index is 0.00280. The second-order valence-corrected chi connectivity index (χ2v) is 7.19. The Morgan fingerprint density at radius 3 is 1.55 bits per heavy atom. The van der Waals surface area contributed by atoms with Crippen LogP contribution in [0.1, 0.15) is 34.6 Å². The van der Waals surface area contributed by atoms with Crippen molar-refractivity contribution in [3.8, 4) is 23.0 Å². The molecule has 7 N–H and O–H groups in total. The summed E-state index contributed by atoms with van der Waals surface area (Å²) < 4.78 is 5.63. The van der Waals surface area contributed by atoms with E-state index >= 15 is 0 Å². The van der Waals surface area contributed by atoms with Gasteiger partial charge in [-0.1, -0.05) is 0 Å². The fraction of sp³-hybridized carbons (Fsp3) is 0.333. The molecule has 2 rings (SSSR count). The number of benzene rings is 2. The molecule has 0 aliphatic rings. The van der Waals surface area contributed by atoms with Crippen LogP contribution in [0.5, 0.6) is 23.0 Å². The van der Waals surface area contributed by atoms with Crippen molar-refractivity contribution in [2.24, 2.45) is 0 Å². The summed E-state index contributed by atoms with van der Waals surface area (Å²) in [6.07, 6.45) is -2.37. The van der Waals surface area contributed by atoms with Gasteiger partial charge in [0.25, 0.3) is 11.8 Å². The maximum Gasteiger partial charge on any atom is 0.251 e. The number of aliphatic hydroxyl groups excluding tert-OH is 1. The van der Waals surface area contributed by atoms with Crippen molar-refractivity contribution in [3.63, 3.8) is 0 Å². The quantitative estimate of drug-likeness (QED) is 0.304. The van der Waals surface area contributed by atoms with Crippen molar-refractivity contribution in [3.05, 3.63) is 47.5 Å². The lowest BCUT2D eigenvalue weighted by molar-refractivity contribution is -0.0606. The minimum atomic E-state index is -1.20. The van der Waals surface area contributed by atoms with Gasteiger partial charge in [-0.25, -0.2) is 0 Å². The van der Waals surface area contributed by atoms with Crippen LogP contribution in [0.2, 0.25) is 0 Å². The average molecular weight is 434 g/mol. The summed E-state index contributed by atoms with van der Waals surface area (Å²) in [4.78, 5) is 24.5. The Bertz CT molecular complexity index is 891. The van der Waals surface area contributed by atoms with E-state index < -0.39 is 24.0 Å². The predicted octanol–water partition coefficient (Wildman–Crippen LogP) is 0.823. The first-order valence-electron chi connectivity index (χ1n) is 9.51. The third kappa shape index (κ3) is 7.36. The molecule has 0 saturated heterocycles. The van der Waals surface area contributed by atoms with E-state index in [2.05, 4.69) is 10.6 Å². The highest BCUT2D eigenvalue weighted by Gasteiger charge is 2.23. The van der Waals surface area contributed by atoms with E-state index in [9.17, 15) is 35.1 Å². The van der Waals surface area contributed by atoms with E-state index in [0.717, 1.165) is 24.3 Å². The monoisotopic (exact) mass is 434 g/mol. The lowest BCUT2D eigenvalue weighted by atomic mass is 10.1. The van der Waals surface area contributed by atoms with E-state index in [1.54, 1.807) is 13.8 Å². The Hall–Kier alpha value is -3.50. The van der Waals surface area contributed by atoms with Crippen molar-refractivity contribution in [2.75, 3.05) is 13.1 Å². The predicted molar refractivity (Wildman–Crippen MR) is 110 cm³/mol. The molecule has 2 aromatic rings. The summed E-state index contributed by atoms with van der Waals surface area (Å²) >= 11 is 0. The second-order valence-electron chi connectivity index (χ2n) is 7.19. The number of hydrogen-bond acceptors (Lipinski definition) is 8. The topological polar surface area (TPSA) is 169 Å². The van der Waals surface area contributed by atoms with Gasteiger partial charge in [0.2, 0.25) is 0 Å². The molecule has 168 valence electrons. The summed E-state index contributed by atoms with van der Waals surface area (Å²) in [5.41, 5.74) is 0.0234. The number of amides is 2. The molecule has 31 heavy (non-hydrogen) atoms. The third-order valence-corrected chi connectivity index (χ3v) is 4.14. The van der Waals surface area contributed by atoms with Crippen molar-refractivity contribution in [2.45, 2.75) is 32.2 Å². The Balaban J connectivity index is 1.98. The molecule has 10 heteroatoms. The smallest absolute Gasteiger partial charge is 0.251 e. The van der Waals surface area contributed by atoms with Gasteiger partial charge in [0.1, 0.15) is 29.1 Å². The van der Waals surface area contributed by atoms with Crippen LogP contribution in [0, 0.1) is 0 Å². The van der Waals surface area contributed by atoms with Crippen LogP contribution < -0.4 is 10.6 Å². The number of carbonyl (C=O) groups is 2. The molecule has 2 amide bonds. The molecule has 0 aliphatic heterocycles. The fourth-order valence-corrected chi connectivity index (χ4v) is 2.80. The highest BCUT2D eigenvalue weighted by molar-refractivity contribution is 5.95. The molecule has 0 bridgehead atoms. The van der Waals surface area contributed by atoms with Crippen molar-refractivity contribution in [1.82, 2.24) is 10.6 Å². The molecular formula is C21H26N2O8. The number of aliphatic hydroxyl groups is 1. The van der Waals surface area contributed by atoms with Gasteiger partial charge in [-0.2, -0.15) is 0 Å². The molecule has 0 spiro atoms. The van der Waals surface area contributed by atoms with E-state index in [0.29, 0.717) is 0 Å². The van der Waals surface area contributed by atoms with Gasteiger partial charge in [0.05, 0.1) is 12.2 Å². The van der Waals surface area contributed by atoms with E-state index in [1.165, 1.54) is 12.1 Å². The number of carbonyl (C=O) groups excluding carboxylic acids is 2. The lowest BCUT2D eigenvalue weighted by Crippen LogP contribution is -2.47. The fourth-order valence-electron chi connectivity index (χ4n) is 2.80. The van der Waals surface area contributed by atoms with Gasteiger partial charge in [-0.15, -0.1) is 0 Å². The molecule has 0 heterocycles. The number of phenolic OH excluding ortho intramolecular Hbond substituents is 4. The number of hydrogen-bond donors (Lipinski definition) is 7. The van der Waals surface area contributed by atoms with E-state index in [1.807, 2.05) is 0 Å². The van der Waals surface area contributed by atoms with E-state index in [4.69, 9.17) is 4.74 Å². The van der Waals surface area contributed by atoms with Gasteiger partial charge in [0, 0.05) is 36.3 Å². The lowest BCUT2D eigenvalue weighted by Gasteiger charge is -2.26. The SMILES string of the molecule is CC(C)O[C@H](CNC(=O)c1cc(O)cc(O)c1)[C@@H](O)CNC(=O)c1cc(O)cc(O)c1. The molecule has 0 aliphatic carbocycles. The number of phenols is 4. The molecular weight excluding hydrogens is 408 g/mol. The summed E-state index contributed by atoms with van der Waals surface area (Å²) in [6, 6.07) is 6.83. The first-order valence-corrected chi connectivity index (χ1v) is 9.51. The largest absolute Gasteiger partial charge is 0.508 e. The Kier molecular flexibility index (Phi) is 8.06. The Labute approximate surface area is 178 Å². The maximum atomic E-state index is 12.3. The average Bonchev–Trinajstić information content (AvgIpc) is 2.66. The number of aromatic hydroxyl groups is 4. The standard InChI is InChI=1S/C21H26N2O8/c1-11(2)31-19(10-23-21(30)13-5-16(26)8-17(27)6-13)18(28)9-22-20(29)12-3-14(24)7-15(25)4-12/h3-8,11,18-19,24-28H,9-10H2,1-2H3,(H,22,29)(H,23,30)/t18-,19+/m0/s1. The van der Waals surface area contributed by atoms with Crippen LogP contribution in [-0.2, 0) is 4.74 Å². The van der Waals surface area contributed by atoms with Crippen LogP contribution >= 0.6 is 0 Å². The summed E-state index contributed by atoms with van der Waals surface area (Å²) in [5, 5.41) is 53.4. The number of nitrogens with one attached hydrogen (secondary N) is 2. The van der Waals surface area contributed by atoms with E-state index in [-0.39, 0.29) is 53.3 Å². The molecule has 2 aromatic carbocycles. The zero-order valence-electron chi connectivity index (χ0n) is 17.1.